The molecule has 0 spiro atoms. The minimum atomic E-state index is -1.14. The molecule has 0 radical (unpaired) electrons. The number of nitrogens with one attached hydrogen (secondary N) is 1. The average Bonchev–Trinajstić information content (AvgIpc) is 3.22. The number of carbonyl (C=O) groups is 2. The predicted octanol–water partition coefficient (Wildman–Crippen LogP) is 8.22. The maximum atomic E-state index is 13.3. The standard InChI is InChI=1S/C40H47N3O5/c1-28-17-22-34(41-27-28)32-20-18-31(19-21-32)26-40(25-30-15-11-8-12-16-30)35(47-39(5,6)43(40)37(45)46)24-33(23-29-13-9-7-10-14-29)42-36(44)48-38(2,3)4/h7-22,27,33,35H,23-26H2,1-6H3,(H,42,44)(H,45,46)/t33-,35-,40-/m0/s1. The van der Waals surface area contributed by atoms with Gasteiger partial charge in [0.15, 0.2) is 0 Å². The van der Waals surface area contributed by atoms with Gasteiger partial charge in [-0.25, -0.2) is 9.59 Å². The molecule has 1 fully saturated rings. The summed E-state index contributed by atoms with van der Waals surface area (Å²) in [6.45, 7) is 11.1. The summed E-state index contributed by atoms with van der Waals surface area (Å²) in [6, 6.07) is 31.7. The summed E-state index contributed by atoms with van der Waals surface area (Å²) < 4.78 is 12.4. The van der Waals surface area contributed by atoms with E-state index in [1.165, 1.54) is 4.90 Å². The fourth-order valence-corrected chi connectivity index (χ4v) is 6.89. The lowest BCUT2D eigenvalue weighted by molar-refractivity contribution is -0.0697. The number of rotatable bonds is 10. The van der Waals surface area contributed by atoms with E-state index in [9.17, 15) is 14.7 Å². The van der Waals surface area contributed by atoms with Crippen LogP contribution < -0.4 is 5.32 Å². The average molecular weight is 650 g/mol. The number of alkyl carbamates (subject to hydrolysis) is 1. The van der Waals surface area contributed by atoms with Crippen LogP contribution in [0.3, 0.4) is 0 Å². The molecule has 5 rings (SSSR count). The Morgan fingerprint density at radius 1 is 0.896 bits per heavy atom. The maximum Gasteiger partial charge on any atom is 0.410 e. The van der Waals surface area contributed by atoms with E-state index in [0.717, 1.165) is 33.5 Å². The Balaban J connectivity index is 1.56. The predicted molar refractivity (Wildman–Crippen MR) is 188 cm³/mol. The lowest BCUT2D eigenvalue weighted by atomic mass is 9.76. The van der Waals surface area contributed by atoms with Crippen molar-refractivity contribution in [1.82, 2.24) is 15.2 Å². The van der Waals surface area contributed by atoms with Gasteiger partial charge in [-0.15, -0.1) is 0 Å². The van der Waals surface area contributed by atoms with Crippen LogP contribution in [0.1, 0.15) is 63.3 Å². The second-order valence-electron chi connectivity index (χ2n) is 14.3. The molecule has 1 aromatic heterocycles. The van der Waals surface area contributed by atoms with E-state index in [-0.39, 0.29) is 0 Å². The van der Waals surface area contributed by atoms with Crippen LogP contribution in [0.15, 0.2) is 103 Å². The molecule has 2 heterocycles. The number of nitrogens with zero attached hydrogens (tertiary/aromatic N) is 2. The SMILES string of the molecule is Cc1ccc(-c2ccc(C[C@@]3(Cc4ccccc4)[C@H](C[C@H](Cc4ccccc4)NC(=O)OC(C)(C)C)OC(C)(C)N3C(=O)O)cc2)nc1. The molecule has 4 aromatic rings. The number of aryl methyl sites for hydroxylation is 1. The molecule has 3 aromatic carbocycles. The smallest absolute Gasteiger partial charge is 0.410 e. The van der Waals surface area contributed by atoms with Gasteiger partial charge in [-0.1, -0.05) is 91.0 Å². The number of ether oxygens (including phenoxy) is 2. The van der Waals surface area contributed by atoms with Gasteiger partial charge in [0.05, 0.1) is 17.3 Å². The number of aromatic nitrogens is 1. The van der Waals surface area contributed by atoms with Crippen LogP contribution in [0.4, 0.5) is 9.59 Å². The lowest BCUT2D eigenvalue weighted by Crippen LogP contribution is -2.60. The van der Waals surface area contributed by atoms with Crippen LogP contribution in [-0.4, -0.2) is 56.2 Å². The van der Waals surface area contributed by atoms with E-state index in [4.69, 9.17) is 9.47 Å². The van der Waals surface area contributed by atoms with Crippen molar-refractivity contribution in [2.45, 2.75) is 96.2 Å². The van der Waals surface area contributed by atoms with Crippen molar-refractivity contribution in [2.75, 3.05) is 0 Å². The summed E-state index contributed by atoms with van der Waals surface area (Å²) >= 11 is 0. The summed E-state index contributed by atoms with van der Waals surface area (Å²) in [6.07, 6.45) is 1.39. The molecule has 8 heteroatoms. The van der Waals surface area contributed by atoms with Crippen molar-refractivity contribution in [3.8, 4) is 11.3 Å². The molecule has 3 atom stereocenters. The zero-order valence-corrected chi connectivity index (χ0v) is 28.8. The number of carbonyl (C=O) groups excluding carboxylic acids is 1. The zero-order chi connectivity index (χ0) is 34.5. The molecule has 252 valence electrons. The summed E-state index contributed by atoms with van der Waals surface area (Å²) in [7, 11) is 0. The number of benzene rings is 3. The molecule has 1 saturated heterocycles. The van der Waals surface area contributed by atoms with Gasteiger partial charge in [0, 0.05) is 17.8 Å². The third-order valence-corrected chi connectivity index (χ3v) is 8.77. The number of carboxylic acid groups (broad SMARTS) is 1. The first-order chi connectivity index (χ1) is 22.7. The van der Waals surface area contributed by atoms with Crippen LogP contribution in [0.25, 0.3) is 11.3 Å². The second kappa shape index (κ2) is 14.2. The normalized spacial score (nSPS) is 19.5. The Labute approximate surface area is 284 Å². The molecule has 0 bridgehead atoms. The Hall–Kier alpha value is -4.69. The first-order valence-corrected chi connectivity index (χ1v) is 16.5. The van der Waals surface area contributed by atoms with Gasteiger partial charge in [-0.2, -0.15) is 0 Å². The number of amides is 2. The minimum absolute atomic E-state index is 0.361. The molecule has 0 aliphatic carbocycles. The van der Waals surface area contributed by atoms with Crippen molar-refractivity contribution in [2.24, 2.45) is 0 Å². The molecule has 8 nitrogen and oxygen atoms in total. The number of pyridine rings is 1. The van der Waals surface area contributed by atoms with Gasteiger partial charge in [0.2, 0.25) is 0 Å². The van der Waals surface area contributed by atoms with Gasteiger partial charge in [0.1, 0.15) is 11.3 Å². The first-order valence-electron chi connectivity index (χ1n) is 16.5. The van der Waals surface area contributed by atoms with Gasteiger partial charge in [0.25, 0.3) is 0 Å². The summed E-state index contributed by atoms with van der Waals surface area (Å²) in [5.74, 6) is 0. The van der Waals surface area contributed by atoms with Crippen molar-refractivity contribution >= 4 is 12.2 Å². The summed E-state index contributed by atoms with van der Waals surface area (Å²) in [5.41, 5.74) is 3.13. The van der Waals surface area contributed by atoms with Crippen molar-refractivity contribution in [3.63, 3.8) is 0 Å². The van der Waals surface area contributed by atoms with E-state index >= 15 is 0 Å². The molecule has 0 saturated carbocycles. The summed E-state index contributed by atoms with van der Waals surface area (Å²) in [5, 5.41) is 14.0. The van der Waals surface area contributed by atoms with Crippen LogP contribution in [-0.2, 0) is 28.7 Å². The van der Waals surface area contributed by atoms with Crippen LogP contribution in [0.5, 0.6) is 0 Å². The molecule has 1 aliphatic rings. The van der Waals surface area contributed by atoms with E-state index in [0.29, 0.717) is 25.7 Å². The van der Waals surface area contributed by atoms with Crippen LogP contribution >= 0.6 is 0 Å². The van der Waals surface area contributed by atoms with Crippen molar-refractivity contribution in [3.05, 3.63) is 126 Å². The van der Waals surface area contributed by atoms with Crippen LogP contribution in [0, 0.1) is 6.92 Å². The van der Waals surface area contributed by atoms with Gasteiger partial charge < -0.3 is 19.9 Å². The van der Waals surface area contributed by atoms with Gasteiger partial charge in [-0.05, 0) is 95.5 Å². The highest BCUT2D eigenvalue weighted by atomic mass is 16.6. The highest BCUT2D eigenvalue weighted by molar-refractivity contribution is 5.69. The Morgan fingerprint density at radius 3 is 2.02 bits per heavy atom. The molecule has 2 amide bonds. The molecule has 2 N–H and O–H groups in total. The summed E-state index contributed by atoms with van der Waals surface area (Å²) in [4.78, 5) is 32.5. The molecular weight excluding hydrogens is 602 g/mol. The molecular formula is C40H47N3O5. The maximum absolute atomic E-state index is 13.3. The second-order valence-corrected chi connectivity index (χ2v) is 14.3. The third-order valence-electron chi connectivity index (χ3n) is 8.77. The van der Waals surface area contributed by atoms with E-state index in [2.05, 4.69) is 10.3 Å². The topological polar surface area (TPSA) is 101 Å². The third kappa shape index (κ3) is 8.42. The molecule has 1 aliphatic heterocycles. The van der Waals surface area contributed by atoms with Gasteiger partial charge in [-0.3, -0.25) is 9.88 Å². The Bertz CT molecular complexity index is 1670. The van der Waals surface area contributed by atoms with Gasteiger partial charge >= 0.3 is 12.2 Å². The molecule has 0 unspecified atom stereocenters. The lowest BCUT2D eigenvalue weighted by Gasteiger charge is -2.43. The fourth-order valence-electron chi connectivity index (χ4n) is 6.89. The molecule has 48 heavy (non-hydrogen) atoms. The number of hydrogen-bond donors (Lipinski definition) is 2. The number of hydrogen-bond acceptors (Lipinski definition) is 5. The van der Waals surface area contributed by atoms with Crippen molar-refractivity contribution < 1.29 is 24.2 Å². The largest absolute Gasteiger partial charge is 0.465 e. The fraction of sp³-hybridized carbons (Fsp3) is 0.375. The zero-order valence-electron chi connectivity index (χ0n) is 28.8. The first kappa shape index (κ1) is 34.6. The van der Waals surface area contributed by atoms with E-state index < -0.39 is 41.2 Å². The van der Waals surface area contributed by atoms with E-state index in [1.54, 1.807) is 13.8 Å². The highest BCUT2D eigenvalue weighted by Crippen LogP contribution is 2.46. The minimum Gasteiger partial charge on any atom is -0.465 e. The monoisotopic (exact) mass is 649 g/mol. The quantitative estimate of drug-likeness (QED) is 0.180. The van der Waals surface area contributed by atoms with Crippen LogP contribution in [0.2, 0.25) is 0 Å². The van der Waals surface area contributed by atoms with E-state index in [1.807, 2.05) is 131 Å². The van der Waals surface area contributed by atoms with Crippen molar-refractivity contribution in [1.29, 1.82) is 0 Å². The Morgan fingerprint density at radius 2 is 1.48 bits per heavy atom. The Kier molecular flexibility index (Phi) is 10.2. The highest BCUT2D eigenvalue weighted by Gasteiger charge is 2.60.